The van der Waals surface area contributed by atoms with E-state index in [4.69, 9.17) is 5.73 Å². The van der Waals surface area contributed by atoms with Crippen molar-refractivity contribution in [3.63, 3.8) is 0 Å². The summed E-state index contributed by atoms with van der Waals surface area (Å²) < 4.78 is 2.47. The highest BCUT2D eigenvalue weighted by atomic mass is 79.9. The van der Waals surface area contributed by atoms with Gasteiger partial charge in [0.25, 0.3) is 5.91 Å². The van der Waals surface area contributed by atoms with Gasteiger partial charge in [0.2, 0.25) is 0 Å². The number of nitrogens with zero attached hydrogens (tertiary/aromatic N) is 3. The van der Waals surface area contributed by atoms with Gasteiger partial charge in [-0.25, -0.2) is 9.67 Å². The van der Waals surface area contributed by atoms with Crippen molar-refractivity contribution in [1.82, 2.24) is 14.8 Å². The summed E-state index contributed by atoms with van der Waals surface area (Å²) in [7, 11) is 0. The molecule has 0 saturated heterocycles. The van der Waals surface area contributed by atoms with E-state index in [0.717, 1.165) is 9.47 Å². The molecule has 1 amide bonds. The Labute approximate surface area is 132 Å². The molecular weight excluding hydrogens is 354 g/mol. The summed E-state index contributed by atoms with van der Waals surface area (Å²) in [4.78, 5) is 16.1. The molecule has 0 aliphatic rings. The average Bonchev–Trinajstić information content (AvgIpc) is 3.09. The molecular formula is C13H10BrN5OS. The molecule has 21 heavy (non-hydrogen) atoms. The zero-order chi connectivity index (χ0) is 14.8. The first-order valence-corrected chi connectivity index (χ1v) is 7.57. The lowest BCUT2D eigenvalue weighted by Crippen LogP contribution is -2.12. The molecule has 6 nitrogen and oxygen atoms in total. The molecule has 0 unspecified atom stereocenters. The normalized spacial score (nSPS) is 10.5. The quantitative estimate of drug-likeness (QED) is 0.700. The predicted octanol–water partition coefficient (Wildman–Crippen LogP) is 2.93. The van der Waals surface area contributed by atoms with Crippen LogP contribution >= 0.6 is 27.3 Å². The molecule has 0 bridgehead atoms. The fraction of sp³-hybridized carbons (Fsp3) is 0. The van der Waals surface area contributed by atoms with Crippen LogP contribution in [0.3, 0.4) is 0 Å². The van der Waals surface area contributed by atoms with E-state index >= 15 is 0 Å². The molecule has 2 heterocycles. The van der Waals surface area contributed by atoms with Crippen molar-refractivity contribution < 1.29 is 4.79 Å². The van der Waals surface area contributed by atoms with Crippen LogP contribution in [-0.4, -0.2) is 20.7 Å². The number of rotatable bonds is 3. The van der Waals surface area contributed by atoms with E-state index in [2.05, 4.69) is 31.3 Å². The lowest BCUT2D eigenvalue weighted by molar-refractivity contribution is 0.102. The van der Waals surface area contributed by atoms with E-state index in [9.17, 15) is 4.79 Å². The summed E-state index contributed by atoms with van der Waals surface area (Å²) in [5, 5.41) is 7.46. The largest absolute Gasteiger partial charge is 0.399 e. The van der Waals surface area contributed by atoms with Crippen LogP contribution in [0.25, 0.3) is 5.69 Å². The van der Waals surface area contributed by atoms with Gasteiger partial charge in [-0.2, -0.15) is 5.10 Å². The Kier molecular flexibility index (Phi) is 3.72. The van der Waals surface area contributed by atoms with Crippen LogP contribution in [0, 0.1) is 0 Å². The van der Waals surface area contributed by atoms with E-state index in [-0.39, 0.29) is 5.91 Å². The van der Waals surface area contributed by atoms with E-state index in [1.54, 1.807) is 35.3 Å². The number of hydrogen-bond donors (Lipinski definition) is 2. The van der Waals surface area contributed by atoms with Gasteiger partial charge in [-0.05, 0) is 46.3 Å². The zero-order valence-electron chi connectivity index (χ0n) is 10.7. The maximum absolute atomic E-state index is 12.1. The van der Waals surface area contributed by atoms with E-state index < -0.39 is 0 Å². The van der Waals surface area contributed by atoms with Crippen molar-refractivity contribution in [3.05, 3.63) is 52.2 Å². The summed E-state index contributed by atoms with van der Waals surface area (Å²) in [5.74, 6) is -0.300. The number of hydrogen-bond acceptors (Lipinski definition) is 5. The number of amides is 1. The number of nitrogens with one attached hydrogen (secondary N) is 1. The van der Waals surface area contributed by atoms with Crippen LogP contribution in [-0.2, 0) is 0 Å². The maximum Gasteiger partial charge on any atom is 0.277 e. The molecule has 0 radical (unpaired) electrons. The summed E-state index contributed by atoms with van der Waals surface area (Å²) in [6.45, 7) is 0. The van der Waals surface area contributed by atoms with Gasteiger partial charge in [-0.1, -0.05) is 11.3 Å². The van der Waals surface area contributed by atoms with Gasteiger partial charge < -0.3 is 5.73 Å². The third kappa shape index (κ3) is 3.11. The fourth-order valence-electron chi connectivity index (χ4n) is 1.69. The van der Waals surface area contributed by atoms with Crippen molar-refractivity contribution in [1.29, 1.82) is 0 Å². The SMILES string of the molecule is Nc1ccc(-n2ccc(C(=O)Nc3ncc(Br)s3)n2)cc1. The standard InChI is InChI=1S/C13H10BrN5OS/c14-11-7-16-13(21-11)17-12(20)10-5-6-19(18-10)9-3-1-8(15)2-4-9/h1-7H,15H2,(H,16,17,20). The molecule has 0 fully saturated rings. The Morgan fingerprint density at radius 2 is 2.05 bits per heavy atom. The monoisotopic (exact) mass is 363 g/mol. The van der Waals surface area contributed by atoms with Crippen molar-refractivity contribution >= 4 is 44.0 Å². The second-order valence-corrected chi connectivity index (χ2v) is 6.57. The Balaban J connectivity index is 1.78. The molecule has 3 N–H and O–H groups in total. The molecule has 106 valence electrons. The minimum Gasteiger partial charge on any atom is -0.399 e. The van der Waals surface area contributed by atoms with Crippen LogP contribution in [0.2, 0.25) is 0 Å². The molecule has 1 aromatic carbocycles. The molecule has 2 aromatic heterocycles. The van der Waals surface area contributed by atoms with Crippen molar-refractivity contribution in [2.75, 3.05) is 11.1 Å². The maximum atomic E-state index is 12.1. The second-order valence-electron chi connectivity index (χ2n) is 4.16. The Bertz CT molecular complexity index is 780. The number of nitrogen functional groups attached to an aromatic ring is 1. The summed E-state index contributed by atoms with van der Waals surface area (Å²) in [6.07, 6.45) is 3.35. The average molecular weight is 364 g/mol. The first-order chi connectivity index (χ1) is 10.1. The Hall–Kier alpha value is -2.19. The lowest BCUT2D eigenvalue weighted by Gasteiger charge is -2.01. The molecule has 8 heteroatoms. The minimum atomic E-state index is -0.300. The van der Waals surface area contributed by atoms with Gasteiger partial charge in [0.15, 0.2) is 10.8 Å². The number of thiazole rings is 1. The third-order valence-corrected chi connectivity index (χ3v) is 4.07. The molecule has 3 aromatic rings. The van der Waals surface area contributed by atoms with Gasteiger partial charge in [-0.15, -0.1) is 0 Å². The smallest absolute Gasteiger partial charge is 0.277 e. The predicted molar refractivity (Wildman–Crippen MR) is 85.7 cm³/mol. The third-order valence-electron chi connectivity index (χ3n) is 2.68. The first kappa shape index (κ1) is 13.8. The molecule has 0 spiro atoms. The van der Waals surface area contributed by atoms with E-state index in [0.29, 0.717) is 16.5 Å². The minimum absolute atomic E-state index is 0.300. The van der Waals surface area contributed by atoms with Crippen LogP contribution in [0.1, 0.15) is 10.5 Å². The first-order valence-electron chi connectivity index (χ1n) is 5.96. The Morgan fingerprint density at radius 1 is 1.29 bits per heavy atom. The number of carbonyl (C=O) groups is 1. The highest BCUT2D eigenvalue weighted by molar-refractivity contribution is 9.11. The zero-order valence-corrected chi connectivity index (χ0v) is 13.1. The number of halogens is 1. The molecule has 3 rings (SSSR count). The lowest BCUT2D eigenvalue weighted by atomic mass is 10.3. The summed E-state index contributed by atoms with van der Waals surface area (Å²) in [6, 6.07) is 8.88. The van der Waals surface area contributed by atoms with Crippen molar-refractivity contribution in [2.45, 2.75) is 0 Å². The summed E-state index contributed by atoms with van der Waals surface area (Å²) in [5.41, 5.74) is 7.47. The molecule has 0 atom stereocenters. The number of anilines is 2. The van der Waals surface area contributed by atoms with Gasteiger partial charge >= 0.3 is 0 Å². The van der Waals surface area contributed by atoms with Crippen LogP contribution in [0.15, 0.2) is 46.5 Å². The number of benzene rings is 1. The van der Waals surface area contributed by atoms with Crippen molar-refractivity contribution in [3.8, 4) is 5.69 Å². The summed E-state index contributed by atoms with van der Waals surface area (Å²) >= 11 is 4.63. The van der Waals surface area contributed by atoms with Crippen LogP contribution < -0.4 is 11.1 Å². The molecule has 0 aliphatic carbocycles. The van der Waals surface area contributed by atoms with E-state index in [1.807, 2.05) is 12.1 Å². The van der Waals surface area contributed by atoms with Gasteiger partial charge in [0.1, 0.15) is 0 Å². The van der Waals surface area contributed by atoms with Crippen LogP contribution in [0.5, 0.6) is 0 Å². The van der Waals surface area contributed by atoms with Gasteiger partial charge in [0.05, 0.1) is 15.7 Å². The highest BCUT2D eigenvalue weighted by Crippen LogP contribution is 2.23. The topological polar surface area (TPSA) is 85.8 Å². The van der Waals surface area contributed by atoms with Gasteiger partial charge in [0, 0.05) is 11.9 Å². The highest BCUT2D eigenvalue weighted by Gasteiger charge is 2.12. The van der Waals surface area contributed by atoms with E-state index in [1.165, 1.54) is 11.3 Å². The fourth-order valence-corrected chi connectivity index (χ4v) is 2.79. The second kappa shape index (κ2) is 5.66. The number of carbonyl (C=O) groups excluding carboxylic acids is 1. The Morgan fingerprint density at radius 3 is 2.71 bits per heavy atom. The molecule has 0 aliphatic heterocycles. The number of aromatic nitrogens is 3. The van der Waals surface area contributed by atoms with Crippen molar-refractivity contribution in [2.24, 2.45) is 0 Å². The molecule has 0 saturated carbocycles. The van der Waals surface area contributed by atoms with Crippen LogP contribution in [0.4, 0.5) is 10.8 Å². The van der Waals surface area contributed by atoms with Gasteiger partial charge in [-0.3, -0.25) is 10.1 Å². The number of nitrogens with two attached hydrogens (primary N) is 1.